The maximum absolute atomic E-state index is 13.2. The van der Waals surface area contributed by atoms with Crippen LogP contribution >= 0.6 is 0 Å². The molecule has 1 saturated heterocycles. The number of piperidine rings is 1. The van der Waals surface area contributed by atoms with Crippen LogP contribution in [0.2, 0.25) is 0 Å². The van der Waals surface area contributed by atoms with Gasteiger partial charge in [-0.1, -0.05) is 6.07 Å². The number of carbonyl (C=O) groups is 2. The number of rotatable bonds is 5. The van der Waals surface area contributed by atoms with Gasteiger partial charge in [-0.15, -0.1) is 0 Å². The molecule has 4 rings (SSSR count). The van der Waals surface area contributed by atoms with E-state index in [2.05, 4.69) is 5.32 Å². The molecule has 8 heteroatoms. The number of ether oxygens (including phenoxy) is 3. The lowest BCUT2D eigenvalue weighted by molar-refractivity contribution is -0.136. The molecule has 0 aliphatic carbocycles. The predicted molar refractivity (Wildman–Crippen MR) is 102 cm³/mol. The van der Waals surface area contributed by atoms with Crippen molar-refractivity contribution in [3.05, 3.63) is 48.3 Å². The van der Waals surface area contributed by atoms with Crippen LogP contribution in [-0.2, 0) is 9.59 Å². The van der Waals surface area contributed by atoms with Crippen LogP contribution in [0.5, 0.6) is 17.2 Å². The fourth-order valence-corrected chi connectivity index (χ4v) is 3.40. The molecule has 0 spiro atoms. The van der Waals surface area contributed by atoms with Crippen molar-refractivity contribution in [1.29, 1.82) is 0 Å². The molecule has 2 aromatic carbocycles. The molecule has 2 aliphatic heterocycles. The first-order chi connectivity index (χ1) is 14.1. The first-order valence-corrected chi connectivity index (χ1v) is 9.45. The zero-order chi connectivity index (χ0) is 20.2. The fraction of sp³-hybridized carbons (Fsp3) is 0.333. The third-order valence-electron chi connectivity index (χ3n) is 5.02. The molecule has 2 aromatic rings. The van der Waals surface area contributed by atoms with E-state index in [9.17, 15) is 14.0 Å². The highest BCUT2D eigenvalue weighted by Crippen LogP contribution is 2.34. The number of nitrogens with one attached hydrogen (secondary N) is 1. The number of amides is 2. The van der Waals surface area contributed by atoms with Gasteiger partial charge in [-0.2, -0.15) is 0 Å². The second kappa shape index (κ2) is 8.38. The predicted octanol–water partition coefficient (Wildman–Crippen LogP) is 2.81. The quantitative estimate of drug-likeness (QED) is 0.835. The summed E-state index contributed by atoms with van der Waals surface area (Å²) in [4.78, 5) is 26.5. The Kier molecular flexibility index (Phi) is 5.50. The zero-order valence-electron chi connectivity index (χ0n) is 15.7. The Hall–Kier alpha value is -3.29. The van der Waals surface area contributed by atoms with Crippen LogP contribution < -0.4 is 19.5 Å². The lowest BCUT2D eigenvalue weighted by atomic mass is 9.95. The molecular weight excluding hydrogens is 379 g/mol. The first-order valence-electron chi connectivity index (χ1n) is 9.45. The van der Waals surface area contributed by atoms with Crippen molar-refractivity contribution < 1.29 is 28.2 Å². The van der Waals surface area contributed by atoms with Crippen molar-refractivity contribution in [1.82, 2.24) is 4.90 Å². The summed E-state index contributed by atoms with van der Waals surface area (Å²) in [6, 6.07) is 10.9. The van der Waals surface area contributed by atoms with E-state index < -0.39 is 5.82 Å². The number of carbonyl (C=O) groups excluding carboxylic acids is 2. The largest absolute Gasteiger partial charge is 0.484 e. The average Bonchev–Trinajstić information content (AvgIpc) is 3.20. The minimum atomic E-state index is -0.413. The van der Waals surface area contributed by atoms with E-state index in [1.54, 1.807) is 29.2 Å². The van der Waals surface area contributed by atoms with Gasteiger partial charge in [0.15, 0.2) is 18.1 Å². The number of benzene rings is 2. The molecule has 2 aliphatic rings. The minimum absolute atomic E-state index is 0.0769. The van der Waals surface area contributed by atoms with E-state index in [4.69, 9.17) is 14.2 Å². The summed E-state index contributed by atoms with van der Waals surface area (Å²) in [5.74, 6) is 0.752. The molecule has 0 bridgehead atoms. The highest BCUT2D eigenvalue weighted by Gasteiger charge is 2.28. The number of fused-ring (bicyclic) bond motifs is 1. The summed E-state index contributed by atoms with van der Waals surface area (Å²) >= 11 is 0. The molecule has 0 unspecified atom stereocenters. The van der Waals surface area contributed by atoms with Crippen LogP contribution in [0.15, 0.2) is 42.5 Å². The lowest BCUT2D eigenvalue weighted by Gasteiger charge is -2.31. The molecule has 0 atom stereocenters. The van der Waals surface area contributed by atoms with Crippen LogP contribution in [0.25, 0.3) is 0 Å². The number of hydrogen-bond acceptors (Lipinski definition) is 5. The summed E-state index contributed by atoms with van der Waals surface area (Å²) in [6.07, 6.45) is 1.14. The van der Waals surface area contributed by atoms with Gasteiger partial charge >= 0.3 is 0 Å². The van der Waals surface area contributed by atoms with E-state index >= 15 is 0 Å². The summed E-state index contributed by atoms with van der Waals surface area (Å²) in [5.41, 5.74) is 0.654. The highest BCUT2D eigenvalue weighted by molar-refractivity contribution is 5.93. The van der Waals surface area contributed by atoms with Crippen LogP contribution in [0.3, 0.4) is 0 Å². The second-order valence-electron chi connectivity index (χ2n) is 6.96. The third kappa shape index (κ3) is 4.59. The SMILES string of the molecule is O=C(Nc1ccc2c(c1)OCO2)C1CCN(C(=O)COc2cccc(F)c2)CC1. The summed E-state index contributed by atoms with van der Waals surface area (Å²) < 4.78 is 29.1. The van der Waals surface area contributed by atoms with Gasteiger partial charge in [-0.3, -0.25) is 9.59 Å². The number of hydrogen-bond donors (Lipinski definition) is 1. The monoisotopic (exact) mass is 400 g/mol. The standard InChI is InChI=1S/C21H21FN2O5/c22-15-2-1-3-17(10-15)27-12-20(25)24-8-6-14(7-9-24)21(26)23-16-4-5-18-19(11-16)29-13-28-18/h1-5,10-11,14H,6-9,12-13H2,(H,23,26). The molecule has 0 radical (unpaired) electrons. The van der Waals surface area contributed by atoms with Gasteiger partial charge in [0, 0.05) is 36.8 Å². The van der Waals surface area contributed by atoms with Crippen molar-refractivity contribution in [2.24, 2.45) is 5.92 Å². The Labute approximate surface area is 167 Å². The highest BCUT2D eigenvalue weighted by atomic mass is 19.1. The minimum Gasteiger partial charge on any atom is -0.484 e. The lowest BCUT2D eigenvalue weighted by Crippen LogP contribution is -2.43. The molecule has 29 heavy (non-hydrogen) atoms. The summed E-state index contributed by atoms with van der Waals surface area (Å²) in [6.45, 7) is 0.981. The summed E-state index contributed by atoms with van der Waals surface area (Å²) in [5, 5.41) is 2.90. The van der Waals surface area contributed by atoms with Gasteiger partial charge in [-0.05, 0) is 37.1 Å². The Morgan fingerprint density at radius 3 is 2.69 bits per heavy atom. The maximum atomic E-state index is 13.2. The first kappa shape index (κ1) is 19.0. The molecular formula is C21H21FN2O5. The molecule has 2 amide bonds. The molecule has 7 nitrogen and oxygen atoms in total. The Morgan fingerprint density at radius 2 is 1.90 bits per heavy atom. The smallest absolute Gasteiger partial charge is 0.260 e. The normalized spacial score (nSPS) is 15.8. The third-order valence-corrected chi connectivity index (χ3v) is 5.02. The zero-order valence-corrected chi connectivity index (χ0v) is 15.7. The van der Waals surface area contributed by atoms with Crippen molar-refractivity contribution >= 4 is 17.5 Å². The van der Waals surface area contributed by atoms with Crippen molar-refractivity contribution in [2.45, 2.75) is 12.8 Å². The van der Waals surface area contributed by atoms with Crippen molar-refractivity contribution in [2.75, 3.05) is 31.8 Å². The number of nitrogens with zero attached hydrogens (tertiary/aromatic N) is 1. The van der Waals surface area contributed by atoms with Crippen LogP contribution in [0.4, 0.5) is 10.1 Å². The van der Waals surface area contributed by atoms with Crippen molar-refractivity contribution in [3.8, 4) is 17.2 Å². The van der Waals surface area contributed by atoms with Gasteiger partial charge in [0.1, 0.15) is 11.6 Å². The van der Waals surface area contributed by atoms with E-state index in [0.29, 0.717) is 48.9 Å². The van der Waals surface area contributed by atoms with Gasteiger partial charge in [-0.25, -0.2) is 4.39 Å². The van der Waals surface area contributed by atoms with Gasteiger partial charge in [0.2, 0.25) is 12.7 Å². The number of halogens is 1. The van der Waals surface area contributed by atoms with Crippen LogP contribution in [0.1, 0.15) is 12.8 Å². The van der Waals surface area contributed by atoms with Crippen LogP contribution in [0, 0.1) is 11.7 Å². The Morgan fingerprint density at radius 1 is 1.10 bits per heavy atom. The van der Waals surface area contributed by atoms with Crippen LogP contribution in [-0.4, -0.2) is 43.2 Å². The number of anilines is 1. The fourth-order valence-electron chi connectivity index (χ4n) is 3.40. The average molecular weight is 400 g/mol. The van der Waals surface area contributed by atoms with Gasteiger partial charge in [0.05, 0.1) is 0 Å². The molecule has 2 heterocycles. The molecule has 0 saturated carbocycles. The topological polar surface area (TPSA) is 77.1 Å². The molecule has 152 valence electrons. The van der Waals surface area contributed by atoms with E-state index in [-0.39, 0.29) is 31.1 Å². The Bertz CT molecular complexity index is 912. The van der Waals surface area contributed by atoms with E-state index in [0.717, 1.165) is 0 Å². The Balaban J connectivity index is 1.24. The summed E-state index contributed by atoms with van der Waals surface area (Å²) in [7, 11) is 0. The molecule has 0 aromatic heterocycles. The van der Waals surface area contributed by atoms with Gasteiger partial charge in [0.25, 0.3) is 5.91 Å². The van der Waals surface area contributed by atoms with E-state index in [1.165, 1.54) is 18.2 Å². The van der Waals surface area contributed by atoms with E-state index in [1.807, 2.05) is 0 Å². The number of likely N-dealkylation sites (tertiary alicyclic amines) is 1. The van der Waals surface area contributed by atoms with Crippen molar-refractivity contribution in [3.63, 3.8) is 0 Å². The molecule has 1 N–H and O–H groups in total. The maximum Gasteiger partial charge on any atom is 0.260 e. The van der Waals surface area contributed by atoms with Gasteiger partial charge < -0.3 is 24.4 Å². The molecule has 1 fully saturated rings. The second-order valence-corrected chi connectivity index (χ2v) is 6.96.